The predicted molar refractivity (Wildman–Crippen MR) is 72.0 cm³/mol. The third kappa shape index (κ3) is 3.82. The average Bonchev–Trinajstić information content (AvgIpc) is 2.35. The number of anilines is 2. The van der Waals surface area contributed by atoms with E-state index in [2.05, 4.69) is 34.4 Å². The molecule has 0 radical (unpaired) electrons. The first-order valence-electron chi connectivity index (χ1n) is 6.03. The van der Waals surface area contributed by atoms with Crippen LogP contribution in [-0.2, 0) is 4.74 Å². The summed E-state index contributed by atoms with van der Waals surface area (Å²) in [5.74, 6) is 1.85. The summed E-state index contributed by atoms with van der Waals surface area (Å²) in [5.41, 5.74) is 1.02. The standard InChI is InChI=1S/C12H22N4O2/c1-8(2)10-11(13-3)15-7-16-12(10)14-5-9(17)6-18-4/h7-9,17H,5-6H2,1-4H3,(H2,13,14,15,16). The average molecular weight is 254 g/mol. The molecule has 3 N–H and O–H groups in total. The third-order valence-electron chi connectivity index (χ3n) is 2.56. The van der Waals surface area contributed by atoms with E-state index >= 15 is 0 Å². The number of methoxy groups -OCH3 is 1. The van der Waals surface area contributed by atoms with E-state index in [4.69, 9.17) is 4.74 Å². The maximum absolute atomic E-state index is 9.62. The summed E-state index contributed by atoms with van der Waals surface area (Å²) in [6.07, 6.45) is 0.950. The van der Waals surface area contributed by atoms with Gasteiger partial charge >= 0.3 is 0 Å². The van der Waals surface area contributed by atoms with Crippen LogP contribution in [0.1, 0.15) is 25.3 Å². The van der Waals surface area contributed by atoms with Crippen LogP contribution in [0.3, 0.4) is 0 Å². The molecule has 0 aliphatic rings. The zero-order chi connectivity index (χ0) is 13.5. The van der Waals surface area contributed by atoms with Crippen LogP contribution in [0.15, 0.2) is 6.33 Å². The minimum absolute atomic E-state index is 0.288. The van der Waals surface area contributed by atoms with E-state index in [1.165, 1.54) is 6.33 Å². The topological polar surface area (TPSA) is 79.3 Å². The molecule has 102 valence electrons. The molecule has 1 aromatic heterocycles. The van der Waals surface area contributed by atoms with Crippen molar-refractivity contribution >= 4 is 11.6 Å². The van der Waals surface area contributed by atoms with Crippen LogP contribution in [0.2, 0.25) is 0 Å². The molecule has 1 aromatic rings. The van der Waals surface area contributed by atoms with Crippen LogP contribution < -0.4 is 10.6 Å². The smallest absolute Gasteiger partial charge is 0.135 e. The molecule has 0 fully saturated rings. The molecule has 1 heterocycles. The summed E-state index contributed by atoms with van der Waals surface area (Å²) in [6.45, 7) is 4.86. The molecule has 0 saturated carbocycles. The largest absolute Gasteiger partial charge is 0.389 e. The van der Waals surface area contributed by atoms with E-state index in [1.807, 2.05) is 7.05 Å². The Kier molecular flexibility index (Phi) is 5.80. The van der Waals surface area contributed by atoms with Gasteiger partial charge in [0.2, 0.25) is 0 Å². The SMILES string of the molecule is CNc1ncnc(NCC(O)COC)c1C(C)C. The summed E-state index contributed by atoms with van der Waals surface area (Å²) >= 11 is 0. The second-order valence-corrected chi connectivity index (χ2v) is 4.38. The Balaban J connectivity index is 2.81. The van der Waals surface area contributed by atoms with Gasteiger partial charge in [-0.05, 0) is 5.92 Å². The fourth-order valence-electron chi connectivity index (χ4n) is 1.75. The molecular weight excluding hydrogens is 232 g/mol. The number of ether oxygens (including phenoxy) is 1. The normalized spacial score (nSPS) is 12.6. The first-order chi connectivity index (χ1) is 8.60. The van der Waals surface area contributed by atoms with Gasteiger partial charge < -0.3 is 20.5 Å². The zero-order valence-corrected chi connectivity index (χ0v) is 11.4. The molecule has 1 atom stereocenters. The van der Waals surface area contributed by atoms with Gasteiger partial charge in [0.05, 0.1) is 12.7 Å². The monoisotopic (exact) mass is 254 g/mol. The molecule has 0 aliphatic heterocycles. The predicted octanol–water partition coefficient (Wildman–Crippen LogP) is 1.06. The highest BCUT2D eigenvalue weighted by atomic mass is 16.5. The summed E-state index contributed by atoms with van der Waals surface area (Å²) in [7, 11) is 3.39. The maximum atomic E-state index is 9.62. The third-order valence-corrected chi connectivity index (χ3v) is 2.56. The lowest BCUT2D eigenvalue weighted by Crippen LogP contribution is -2.25. The van der Waals surface area contributed by atoms with Crippen molar-refractivity contribution in [1.29, 1.82) is 0 Å². The lowest BCUT2D eigenvalue weighted by molar-refractivity contribution is 0.0727. The molecule has 18 heavy (non-hydrogen) atoms. The van der Waals surface area contributed by atoms with Gasteiger partial charge in [-0.3, -0.25) is 0 Å². The minimum atomic E-state index is -0.553. The van der Waals surface area contributed by atoms with Gasteiger partial charge in [0.1, 0.15) is 18.0 Å². The Morgan fingerprint density at radius 1 is 1.33 bits per heavy atom. The number of hydrogen-bond donors (Lipinski definition) is 3. The Labute approximate surface area is 108 Å². The van der Waals surface area contributed by atoms with Gasteiger partial charge in [-0.25, -0.2) is 9.97 Å². The second-order valence-electron chi connectivity index (χ2n) is 4.38. The Morgan fingerprint density at radius 2 is 2.00 bits per heavy atom. The number of hydrogen-bond acceptors (Lipinski definition) is 6. The molecule has 1 unspecified atom stereocenters. The number of nitrogens with one attached hydrogen (secondary N) is 2. The molecule has 0 saturated heterocycles. The lowest BCUT2D eigenvalue weighted by atomic mass is 10.0. The van der Waals surface area contributed by atoms with Crippen LogP contribution in [0, 0.1) is 0 Å². The fourth-order valence-corrected chi connectivity index (χ4v) is 1.75. The number of aliphatic hydroxyl groups excluding tert-OH is 1. The molecule has 6 heteroatoms. The number of aromatic nitrogens is 2. The number of nitrogens with zero attached hydrogens (tertiary/aromatic N) is 2. The maximum Gasteiger partial charge on any atom is 0.135 e. The summed E-state index contributed by atoms with van der Waals surface area (Å²) in [6, 6.07) is 0. The van der Waals surface area contributed by atoms with E-state index in [1.54, 1.807) is 7.11 Å². The summed E-state index contributed by atoms with van der Waals surface area (Å²) in [4.78, 5) is 8.42. The molecule has 0 amide bonds. The van der Waals surface area contributed by atoms with E-state index in [0.717, 1.165) is 17.2 Å². The highest BCUT2D eigenvalue weighted by molar-refractivity contribution is 5.58. The molecular formula is C12H22N4O2. The Hall–Kier alpha value is -1.40. The van der Waals surface area contributed by atoms with Gasteiger partial charge in [-0.15, -0.1) is 0 Å². The van der Waals surface area contributed by atoms with Crippen LogP contribution in [0.25, 0.3) is 0 Å². The fraction of sp³-hybridized carbons (Fsp3) is 0.667. The minimum Gasteiger partial charge on any atom is -0.389 e. The highest BCUT2D eigenvalue weighted by Gasteiger charge is 2.14. The van der Waals surface area contributed by atoms with Crippen LogP contribution in [0.5, 0.6) is 0 Å². The van der Waals surface area contributed by atoms with E-state index in [0.29, 0.717) is 13.2 Å². The second kappa shape index (κ2) is 7.13. The Morgan fingerprint density at radius 3 is 2.56 bits per heavy atom. The zero-order valence-electron chi connectivity index (χ0n) is 11.4. The first-order valence-corrected chi connectivity index (χ1v) is 6.03. The molecule has 0 aromatic carbocycles. The molecule has 1 rings (SSSR count). The van der Waals surface area contributed by atoms with E-state index in [9.17, 15) is 5.11 Å². The van der Waals surface area contributed by atoms with Gasteiger partial charge in [-0.1, -0.05) is 13.8 Å². The van der Waals surface area contributed by atoms with Gasteiger partial charge in [-0.2, -0.15) is 0 Å². The molecule has 0 spiro atoms. The van der Waals surface area contributed by atoms with E-state index in [-0.39, 0.29) is 5.92 Å². The molecule has 0 bridgehead atoms. The molecule has 6 nitrogen and oxygen atoms in total. The lowest BCUT2D eigenvalue weighted by Gasteiger charge is -2.18. The van der Waals surface area contributed by atoms with Gasteiger partial charge in [0, 0.05) is 26.3 Å². The highest BCUT2D eigenvalue weighted by Crippen LogP contribution is 2.27. The summed E-state index contributed by atoms with van der Waals surface area (Å²) in [5, 5.41) is 15.8. The van der Waals surface area contributed by atoms with Crippen molar-refractivity contribution in [2.45, 2.75) is 25.9 Å². The van der Waals surface area contributed by atoms with Crippen molar-refractivity contribution in [3.63, 3.8) is 0 Å². The molecule has 0 aliphatic carbocycles. The van der Waals surface area contributed by atoms with Crippen LogP contribution in [0.4, 0.5) is 11.6 Å². The first kappa shape index (κ1) is 14.7. The van der Waals surface area contributed by atoms with Gasteiger partial charge in [0.25, 0.3) is 0 Å². The van der Waals surface area contributed by atoms with Crippen molar-refractivity contribution in [2.75, 3.05) is 37.9 Å². The van der Waals surface area contributed by atoms with Crippen molar-refractivity contribution in [2.24, 2.45) is 0 Å². The number of rotatable bonds is 7. The number of aliphatic hydroxyl groups is 1. The van der Waals surface area contributed by atoms with Crippen LogP contribution in [-0.4, -0.2) is 48.5 Å². The van der Waals surface area contributed by atoms with Gasteiger partial charge in [0.15, 0.2) is 0 Å². The quantitative estimate of drug-likeness (QED) is 0.675. The van der Waals surface area contributed by atoms with Crippen molar-refractivity contribution < 1.29 is 9.84 Å². The van der Waals surface area contributed by atoms with Crippen molar-refractivity contribution in [3.8, 4) is 0 Å². The van der Waals surface area contributed by atoms with Crippen molar-refractivity contribution in [1.82, 2.24) is 9.97 Å². The Bertz CT molecular complexity index is 371. The van der Waals surface area contributed by atoms with E-state index < -0.39 is 6.10 Å². The summed E-state index contributed by atoms with van der Waals surface area (Å²) < 4.78 is 4.88. The van der Waals surface area contributed by atoms with Crippen LogP contribution >= 0.6 is 0 Å². The van der Waals surface area contributed by atoms with Crippen molar-refractivity contribution in [3.05, 3.63) is 11.9 Å².